The number of benzene rings is 3. The fourth-order valence-electron chi connectivity index (χ4n) is 4.32. The van der Waals surface area contributed by atoms with Crippen molar-refractivity contribution in [2.75, 3.05) is 0 Å². The van der Waals surface area contributed by atoms with Crippen molar-refractivity contribution >= 4 is 0 Å². The molecule has 0 unspecified atom stereocenters. The Bertz CT molecular complexity index is 875. The smallest absolute Gasteiger partial charge is 0.139 e. The van der Waals surface area contributed by atoms with E-state index in [1.165, 1.54) is 16.7 Å². The van der Waals surface area contributed by atoms with E-state index in [9.17, 15) is 0 Å². The molecule has 1 heterocycles. The largest absolute Gasteiger partial charge is 0.181 e. The van der Waals surface area contributed by atoms with Gasteiger partial charge < -0.3 is 0 Å². The van der Waals surface area contributed by atoms with Gasteiger partial charge in [0.1, 0.15) is 11.1 Å². The summed E-state index contributed by atoms with van der Waals surface area (Å²) in [5.74, 6) is 0. The summed E-state index contributed by atoms with van der Waals surface area (Å²) in [6.45, 7) is 6.79. The van der Waals surface area contributed by atoms with Gasteiger partial charge in [-0.2, -0.15) is 10.2 Å². The van der Waals surface area contributed by atoms with Crippen molar-refractivity contribution in [1.82, 2.24) is 0 Å². The minimum absolute atomic E-state index is 0.260. The van der Waals surface area contributed by atoms with E-state index in [1.54, 1.807) is 0 Å². The molecule has 4 rings (SSSR count). The Hall–Kier alpha value is -2.74. The molecule has 0 aromatic heterocycles. The van der Waals surface area contributed by atoms with Crippen LogP contribution in [0.25, 0.3) is 0 Å². The first kappa shape index (κ1) is 16.7. The molecule has 1 aliphatic rings. The first-order valence-corrected chi connectivity index (χ1v) is 9.13. The van der Waals surface area contributed by atoms with Gasteiger partial charge in [0.2, 0.25) is 0 Å². The number of hydrogen-bond donors (Lipinski definition) is 0. The molecular weight excluding hydrogens is 316 g/mol. The van der Waals surface area contributed by atoms with Crippen LogP contribution >= 0.6 is 0 Å². The molecule has 0 amide bonds. The Balaban J connectivity index is 1.99. The Morgan fingerprint density at radius 3 is 1.31 bits per heavy atom. The van der Waals surface area contributed by atoms with Crippen molar-refractivity contribution in [1.29, 1.82) is 0 Å². The maximum absolute atomic E-state index is 5.02. The minimum Gasteiger partial charge on any atom is -0.181 e. The van der Waals surface area contributed by atoms with Gasteiger partial charge in [0, 0.05) is 5.41 Å². The van der Waals surface area contributed by atoms with Gasteiger partial charge in [-0.3, -0.25) is 0 Å². The fraction of sp³-hybridized carbons (Fsp3) is 0.250. The lowest BCUT2D eigenvalue weighted by molar-refractivity contribution is 0.139. The van der Waals surface area contributed by atoms with Crippen molar-refractivity contribution in [3.63, 3.8) is 0 Å². The maximum Gasteiger partial charge on any atom is 0.139 e. The van der Waals surface area contributed by atoms with Crippen molar-refractivity contribution < 1.29 is 0 Å². The first-order chi connectivity index (χ1) is 12.5. The highest BCUT2D eigenvalue weighted by molar-refractivity contribution is 5.46. The molecular formula is C24H24N2. The molecule has 0 spiro atoms. The molecule has 2 nitrogen and oxygen atoms in total. The maximum atomic E-state index is 5.02. The molecule has 26 heavy (non-hydrogen) atoms. The first-order valence-electron chi connectivity index (χ1n) is 9.13. The average molecular weight is 340 g/mol. The zero-order valence-corrected chi connectivity index (χ0v) is 15.6. The van der Waals surface area contributed by atoms with Crippen LogP contribution < -0.4 is 0 Å². The third kappa shape index (κ3) is 2.11. The zero-order valence-electron chi connectivity index (χ0n) is 15.6. The van der Waals surface area contributed by atoms with Crippen molar-refractivity contribution in [3.8, 4) is 0 Å². The highest BCUT2D eigenvalue weighted by Crippen LogP contribution is 2.62. The molecule has 3 aromatic rings. The summed E-state index contributed by atoms with van der Waals surface area (Å²) in [5, 5.41) is 9.94. The van der Waals surface area contributed by atoms with Crippen LogP contribution in [-0.2, 0) is 11.1 Å². The van der Waals surface area contributed by atoms with E-state index < -0.39 is 11.1 Å². The van der Waals surface area contributed by atoms with Gasteiger partial charge in [-0.15, -0.1) is 0 Å². The predicted molar refractivity (Wildman–Crippen MR) is 106 cm³/mol. The Kier molecular flexibility index (Phi) is 3.80. The van der Waals surface area contributed by atoms with Crippen LogP contribution in [0, 0.1) is 5.41 Å². The second kappa shape index (κ2) is 5.91. The summed E-state index contributed by atoms with van der Waals surface area (Å²) in [7, 11) is 0. The summed E-state index contributed by atoms with van der Waals surface area (Å²) in [5.41, 5.74) is 2.35. The van der Waals surface area contributed by atoms with E-state index in [1.807, 2.05) is 6.07 Å². The highest BCUT2D eigenvalue weighted by atomic mass is 15.3. The topological polar surface area (TPSA) is 24.7 Å². The molecule has 0 bridgehead atoms. The van der Waals surface area contributed by atoms with Crippen LogP contribution in [0.5, 0.6) is 0 Å². The van der Waals surface area contributed by atoms with Gasteiger partial charge in [0.15, 0.2) is 0 Å². The van der Waals surface area contributed by atoms with Crippen LogP contribution in [-0.4, -0.2) is 0 Å². The second-order valence-corrected chi connectivity index (χ2v) is 7.71. The fourth-order valence-corrected chi connectivity index (χ4v) is 4.32. The average Bonchev–Trinajstić information content (AvgIpc) is 2.92. The lowest BCUT2D eigenvalue weighted by Crippen LogP contribution is -2.48. The second-order valence-electron chi connectivity index (χ2n) is 7.71. The quantitative estimate of drug-likeness (QED) is 0.531. The van der Waals surface area contributed by atoms with Gasteiger partial charge >= 0.3 is 0 Å². The summed E-state index contributed by atoms with van der Waals surface area (Å²) in [6, 6.07) is 31.7. The Labute approximate surface area is 155 Å². The van der Waals surface area contributed by atoms with E-state index in [0.29, 0.717) is 0 Å². The lowest BCUT2D eigenvalue weighted by atomic mass is 9.56. The third-order valence-electron chi connectivity index (χ3n) is 6.24. The molecule has 0 saturated heterocycles. The third-order valence-corrected chi connectivity index (χ3v) is 6.24. The Morgan fingerprint density at radius 1 is 0.500 bits per heavy atom. The zero-order chi connectivity index (χ0) is 18.3. The molecule has 0 radical (unpaired) electrons. The van der Waals surface area contributed by atoms with E-state index >= 15 is 0 Å². The van der Waals surface area contributed by atoms with Crippen LogP contribution in [0.1, 0.15) is 37.5 Å². The highest BCUT2D eigenvalue weighted by Gasteiger charge is 2.62. The van der Waals surface area contributed by atoms with Gasteiger partial charge in [-0.25, -0.2) is 0 Å². The minimum atomic E-state index is -0.528. The molecule has 1 atom stereocenters. The van der Waals surface area contributed by atoms with Crippen molar-refractivity contribution in [2.45, 2.75) is 31.8 Å². The lowest BCUT2D eigenvalue weighted by Gasteiger charge is -2.46. The molecule has 130 valence electrons. The van der Waals surface area contributed by atoms with Crippen LogP contribution in [0.4, 0.5) is 0 Å². The van der Waals surface area contributed by atoms with E-state index in [-0.39, 0.29) is 5.41 Å². The van der Waals surface area contributed by atoms with Gasteiger partial charge in [0.25, 0.3) is 0 Å². The monoisotopic (exact) mass is 340 g/mol. The molecule has 1 aliphatic heterocycles. The summed E-state index contributed by atoms with van der Waals surface area (Å²) in [6.07, 6.45) is 0. The molecule has 0 aliphatic carbocycles. The van der Waals surface area contributed by atoms with Crippen LogP contribution in [0.2, 0.25) is 0 Å². The molecule has 0 fully saturated rings. The van der Waals surface area contributed by atoms with E-state index in [4.69, 9.17) is 10.2 Å². The summed E-state index contributed by atoms with van der Waals surface area (Å²) >= 11 is 0. The molecule has 0 N–H and O–H groups in total. The summed E-state index contributed by atoms with van der Waals surface area (Å²) < 4.78 is 0. The normalized spacial score (nSPS) is 23.0. The number of hydrogen-bond acceptors (Lipinski definition) is 2. The molecule has 2 heteroatoms. The van der Waals surface area contributed by atoms with Crippen molar-refractivity contribution in [2.24, 2.45) is 15.6 Å². The predicted octanol–water partition coefficient (Wildman–Crippen LogP) is 6.34. The van der Waals surface area contributed by atoms with Crippen LogP contribution in [0.3, 0.4) is 0 Å². The SMILES string of the molecule is CC1(C)C(c2ccccc2)(c2ccccc2)N=N[C@@]1(C)c1ccccc1. The van der Waals surface area contributed by atoms with Crippen molar-refractivity contribution in [3.05, 3.63) is 108 Å². The van der Waals surface area contributed by atoms with Gasteiger partial charge in [0.05, 0.1) is 0 Å². The van der Waals surface area contributed by atoms with Gasteiger partial charge in [-0.05, 0) is 23.6 Å². The Morgan fingerprint density at radius 2 is 0.885 bits per heavy atom. The number of azo groups is 1. The summed E-state index contributed by atoms with van der Waals surface area (Å²) in [4.78, 5) is 0. The van der Waals surface area contributed by atoms with E-state index in [2.05, 4.69) is 106 Å². The standard InChI is InChI=1S/C24H24N2/c1-22(2)23(3,19-13-7-4-8-14-19)25-26-24(22,20-15-9-5-10-16-20)21-17-11-6-12-18-21/h4-18H,1-3H3/t23-/m0/s1. The number of rotatable bonds is 3. The molecule has 0 saturated carbocycles. The van der Waals surface area contributed by atoms with E-state index in [0.717, 1.165) is 0 Å². The van der Waals surface area contributed by atoms with Gasteiger partial charge in [-0.1, -0.05) is 105 Å². The van der Waals surface area contributed by atoms with Crippen LogP contribution in [0.15, 0.2) is 101 Å². The number of nitrogens with zero attached hydrogens (tertiary/aromatic N) is 2. The molecule has 3 aromatic carbocycles.